The molecule has 0 aromatic rings. The molecule has 0 spiro atoms. The third kappa shape index (κ3) is 4.15. The molecule has 1 unspecified atom stereocenters. The minimum Gasteiger partial charge on any atom is -0.329 e. The van der Waals surface area contributed by atoms with Crippen LogP contribution in [-0.2, 0) is 0 Å². The van der Waals surface area contributed by atoms with Gasteiger partial charge in [0.05, 0.1) is 0 Å². The summed E-state index contributed by atoms with van der Waals surface area (Å²) >= 11 is 2.04. The van der Waals surface area contributed by atoms with E-state index in [2.05, 4.69) is 25.7 Å². The van der Waals surface area contributed by atoms with Crippen LogP contribution in [0.4, 0.5) is 0 Å². The molecule has 0 aliphatic carbocycles. The fourth-order valence-electron chi connectivity index (χ4n) is 2.92. The highest BCUT2D eigenvalue weighted by Crippen LogP contribution is 2.38. The van der Waals surface area contributed by atoms with E-state index in [1.807, 2.05) is 11.8 Å². The number of rotatable bonds is 8. The summed E-state index contributed by atoms with van der Waals surface area (Å²) in [5.41, 5.74) is 6.54. The Labute approximate surface area is 112 Å². The molecule has 1 atom stereocenters. The largest absolute Gasteiger partial charge is 0.329 e. The number of nitrogens with zero attached hydrogens (tertiary/aromatic N) is 1. The molecular formula is C14H30N2S. The van der Waals surface area contributed by atoms with Crippen molar-refractivity contribution >= 4 is 11.8 Å². The smallest absolute Gasteiger partial charge is 0.0226 e. The first kappa shape index (κ1) is 15.3. The van der Waals surface area contributed by atoms with E-state index in [9.17, 15) is 0 Å². The number of hydrogen-bond acceptors (Lipinski definition) is 3. The van der Waals surface area contributed by atoms with Crippen molar-refractivity contribution in [2.75, 3.05) is 31.1 Å². The molecule has 1 rings (SSSR count). The van der Waals surface area contributed by atoms with Gasteiger partial charge >= 0.3 is 0 Å². The second kappa shape index (κ2) is 7.65. The highest BCUT2D eigenvalue weighted by atomic mass is 32.2. The summed E-state index contributed by atoms with van der Waals surface area (Å²) in [5.74, 6) is 2.49. The van der Waals surface area contributed by atoms with Crippen LogP contribution in [0.2, 0.25) is 0 Å². The van der Waals surface area contributed by atoms with Crippen molar-refractivity contribution in [3.05, 3.63) is 0 Å². The lowest BCUT2D eigenvalue weighted by atomic mass is 9.82. The lowest BCUT2D eigenvalue weighted by molar-refractivity contribution is 0.194. The van der Waals surface area contributed by atoms with Crippen LogP contribution in [0.5, 0.6) is 0 Å². The predicted molar refractivity (Wildman–Crippen MR) is 79.7 cm³/mol. The maximum atomic E-state index is 5.96. The average Bonchev–Trinajstić information content (AvgIpc) is 2.80. The molecule has 1 saturated heterocycles. The topological polar surface area (TPSA) is 29.3 Å². The van der Waals surface area contributed by atoms with E-state index in [0.717, 1.165) is 6.54 Å². The molecule has 0 aromatic heterocycles. The molecule has 3 heteroatoms. The van der Waals surface area contributed by atoms with Gasteiger partial charge in [-0.3, -0.25) is 4.90 Å². The Morgan fingerprint density at radius 3 is 2.47 bits per heavy atom. The first-order valence-corrected chi connectivity index (χ1v) is 8.38. The van der Waals surface area contributed by atoms with Crippen LogP contribution in [0.3, 0.4) is 0 Å². The van der Waals surface area contributed by atoms with Crippen LogP contribution >= 0.6 is 11.8 Å². The van der Waals surface area contributed by atoms with E-state index < -0.39 is 0 Å². The fourth-order valence-corrected chi connectivity index (χ4v) is 3.65. The summed E-state index contributed by atoms with van der Waals surface area (Å²) in [7, 11) is 0. The molecule has 0 radical (unpaired) electrons. The van der Waals surface area contributed by atoms with Crippen molar-refractivity contribution in [3.8, 4) is 0 Å². The first-order valence-electron chi connectivity index (χ1n) is 7.23. The van der Waals surface area contributed by atoms with Gasteiger partial charge in [-0.15, -0.1) is 0 Å². The standard InChI is InChI=1S/C14H30N2S/c1-4-14(5-2)8-9-16(12-14)13(11-15)7-10-17-6-3/h13H,4-12,15H2,1-3H3. The second-order valence-corrected chi connectivity index (χ2v) is 6.70. The molecule has 2 N–H and O–H groups in total. The SMILES string of the molecule is CCSCCC(CN)N1CCC(CC)(CC)C1. The molecule has 102 valence electrons. The van der Waals surface area contributed by atoms with Gasteiger partial charge in [-0.25, -0.2) is 0 Å². The molecule has 1 heterocycles. The number of likely N-dealkylation sites (tertiary alicyclic amines) is 1. The minimum atomic E-state index is 0.589. The average molecular weight is 258 g/mol. The van der Waals surface area contributed by atoms with E-state index in [4.69, 9.17) is 5.73 Å². The summed E-state index contributed by atoms with van der Waals surface area (Å²) in [6.45, 7) is 10.3. The Balaban J connectivity index is 2.43. The normalized spacial score (nSPS) is 21.9. The zero-order valence-corrected chi connectivity index (χ0v) is 12.7. The first-order chi connectivity index (χ1) is 8.21. The molecule has 1 fully saturated rings. The third-order valence-corrected chi connectivity index (χ3v) is 5.49. The molecule has 0 amide bonds. The summed E-state index contributed by atoms with van der Waals surface area (Å²) in [6, 6.07) is 0.619. The van der Waals surface area contributed by atoms with Gasteiger partial charge in [0.2, 0.25) is 0 Å². The summed E-state index contributed by atoms with van der Waals surface area (Å²) in [4.78, 5) is 2.66. The quantitative estimate of drug-likeness (QED) is 0.679. The number of thioether (sulfide) groups is 1. The molecular weight excluding hydrogens is 228 g/mol. The summed E-state index contributed by atoms with van der Waals surface area (Å²) in [5, 5.41) is 0. The van der Waals surface area contributed by atoms with Crippen LogP contribution in [0.15, 0.2) is 0 Å². The van der Waals surface area contributed by atoms with Crippen molar-refractivity contribution in [1.82, 2.24) is 4.90 Å². The highest BCUT2D eigenvalue weighted by molar-refractivity contribution is 7.99. The zero-order valence-electron chi connectivity index (χ0n) is 11.9. The third-order valence-electron chi connectivity index (χ3n) is 4.56. The Bertz CT molecular complexity index is 204. The maximum absolute atomic E-state index is 5.96. The molecule has 0 saturated carbocycles. The minimum absolute atomic E-state index is 0.589. The summed E-state index contributed by atoms with van der Waals surface area (Å²) in [6.07, 6.45) is 5.28. The van der Waals surface area contributed by atoms with E-state index in [1.165, 1.54) is 50.3 Å². The lowest BCUT2D eigenvalue weighted by Crippen LogP contribution is -2.40. The molecule has 1 aliphatic heterocycles. The van der Waals surface area contributed by atoms with Crippen LogP contribution in [0, 0.1) is 5.41 Å². The van der Waals surface area contributed by atoms with Gasteiger partial charge in [-0.1, -0.05) is 20.8 Å². The highest BCUT2D eigenvalue weighted by Gasteiger charge is 2.37. The lowest BCUT2D eigenvalue weighted by Gasteiger charge is -2.30. The van der Waals surface area contributed by atoms with Gasteiger partial charge in [-0.05, 0) is 49.1 Å². The van der Waals surface area contributed by atoms with Crippen molar-refractivity contribution in [2.24, 2.45) is 11.1 Å². The van der Waals surface area contributed by atoms with Crippen molar-refractivity contribution in [1.29, 1.82) is 0 Å². The van der Waals surface area contributed by atoms with Crippen LogP contribution in [0.1, 0.15) is 46.5 Å². The van der Waals surface area contributed by atoms with Gasteiger partial charge in [0.15, 0.2) is 0 Å². The zero-order chi connectivity index (χ0) is 12.7. The van der Waals surface area contributed by atoms with Crippen LogP contribution in [-0.4, -0.2) is 42.1 Å². The maximum Gasteiger partial charge on any atom is 0.0226 e. The van der Waals surface area contributed by atoms with Crippen molar-refractivity contribution < 1.29 is 0 Å². The van der Waals surface area contributed by atoms with E-state index >= 15 is 0 Å². The predicted octanol–water partition coefficient (Wildman–Crippen LogP) is 2.97. The Morgan fingerprint density at radius 1 is 1.29 bits per heavy atom. The van der Waals surface area contributed by atoms with Gasteiger partial charge < -0.3 is 5.73 Å². The van der Waals surface area contributed by atoms with Crippen molar-refractivity contribution in [3.63, 3.8) is 0 Å². The summed E-state index contributed by atoms with van der Waals surface area (Å²) < 4.78 is 0. The van der Waals surface area contributed by atoms with Gasteiger partial charge in [0.1, 0.15) is 0 Å². The number of hydrogen-bond donors (Lipinski definition) is 1. The second-order valence-electron chi connectivity index (χ2n) is 5.30. The van der Waals surface area contributed by atoms with Crippen LogP contribution in [0.25, 0.3) is 0 Å². The number of nitrogens with two attached hydrogens (primary N) is 1. The molecule has 2 nitrogen and oxygen atoms in total. The van der Waals surface area contributed by atoms with E-state index in [1.54, 1.807) is 0 Å². The molecule has 0 bridgehead atoms. The van der Waals surface area contributed by atoms with E-state index in [0.29, 0.717) is 11.5 Å². The van der Waals surface area contributed by atoms with Gasteiger partial charge in [-0.2, -0.15) is 11.8 Å². The molecule has 17 heavy (non-hydrogen) atoms. The van der Waals surface area contributed by atoms with E-state index in [-0.39, 0.29) is 0 Å². The van der Waals surface area contributed by atoms with Crippen LogP contribution < -0.4 is 5.73 Å². The Hall–Kier alpha value is 0.270. The van der Waals surface area contributed by atoms with Gasteiger partial charge in [0.25, 0.3) is 0 Å². The van der Waals surface area contributed by atoms with Crippen molar-refractivity contribution in [2.45, 2.75) is 52.5 Å². The van der Waals surface area contributed by atoms with Gasteiger partial charge in [0, 0.05) is 19.1 Å². The fraction of sp³-hybridized carbons (Fsp3) is 1.00. The molecule has 0 aromatic carbocycles. The Kier molecular flexibility index (Phi) is 6.90. The monoisotopic (exact) mass is 258 g/mol. The Morgan fingerprint density at radius 2 is 2.00 bits per heavy atom. The molecule has 1 aliphatic rings.